The van der Waals surface area contributed by atoms with Gasteiger partial charge in [0.05, 0.1) is 49.9 Å². The number of anilines is 1. The van der Waals surface area contributed by atoms with E-state index in [1.165, 1.54) is 19.5 Å². The fourth-order valence-corrected chi connectivity index (χ4v) is 5.41. The number of amidine groups is 1. The second-order valence-electron chi connectivity index (χ2n) is 7.44. The van der Waals surface area contributed by atoms with Gasteiger partial charge in [-0.15, -0.1) is 0 Å². The van der Waals surface area contributed by atoms with Gasteiger partial charge in [-0.05, 0) is 18.2 Å². The summed E-state index contributed by atoms with van der Waals surface area (Å²) in [5, 5.41) is 4.10. The van der Waals surface area contributed by atoms with Crippen LogP contribution < -0.4 is 10.1 Å². The van der Waals surface area contributed by atoms with E-state index >= 15 is 0 Å². The van der Waals surface area contributed by atoms with Crippen LogP contribution in [0.3, 0.4) is 0 Å². The molecule has 0 unspecified atom stereocenters. The minimum atomic E-state index is -0.0881. The summed E-state index contributed by atoms with van der Waals surface area (Å²) >= 11 is 1.59. The molecule has 0 amide bonds. The van der Waals surface area contributed by atoms with E-state index in [2.05, 4.69) is 22.3 Å². The molecule has 3 aliphatic rings. The Hall–Kier alpha value is -1.86. The van der Waals surface area contributed by atoms with Crippen molar-refractivity contribution >= 4 is 32.7 Å². The van der Waals surface area contributed by atoms with Crippen LogP contribution in [0.5, 0.6) is 5.75 Å². The van der Waals surface area contributed by atoms with Gasteiger partial charge in [-0.3, -0.25) is 5.32 Å². The fourth-order valence-electron chi connectivity index (χ4n) is 4.53. The molecule has 2 bridgehead atoms. The highest BCUT2D eigenvalue weighted by Gasteiger charge is 2.62. The van der Waals surface area contributed by atoms with Crippen molar-refractivity contribution in [2.24, 2.45) is 10.9 Å². The standard InChI is InChI=1S/C17H21N4O2S/c1-21-6-5-11(8-21)17(10-21)9-18-15(23-17)20-16-19-13-4-3-12(22-2)7-14(13)24-16/h3-4,7,11H,5-6,8-10H2,1-2H3,(H,18,19,20)/q+1/t11-,17+,21+/m1/s1. The van der Waals surface area contributed by atoms with E-state index in [0.717, 1.165) is 38.7 Å². The van der Waals surface area contributed by atoms with Crippen LogP contribution in [0.2, 0.25) is 0 Å². The molecule has 4 heterocycles. The van der Waals surface area contributed by atoms with Crippen molar-refractivity contribution in [2.45, 2.75) is 12.0 Å². The van der Waals surface area contributed by atoms with E-state index in [-0.39, 0.29) is 5.60 Å². The average molecular weight is 345 g/mol. The summed E-state index contributed by atoms with van der Waals surface area (Å²) in [5.41, 5.74) is 0.871. The minimum absolute atomic E-state index is 0.0881. The van der Waals surface area contributed by atoms with Crippen molar-refractivity contribution in [2.75, 3.05) is 45.7 Å². The normalized spacial score (nSPS) is 33.9. The Morgan fingerprint density at radius 2 is 2.38 bits per heavy atom. The zero-order valence-electron chi connectivity index (χ0n) is 13.9. The zero-order chi connectivity index (χ0) is 16.4. The quantitative estimate of drug-likeness (QED) is 0.849. The van der Waals surface area contributed by atoms with Crippen LogP contribution in [0.4, 0.5) is 5.13 Å². The number of piperidine rings is 1. The number of rotatable bonds is 2. The number of likely N-dealkylation sites (N-methyl/N-ethyl adjacent to an activating group) is 1. The number of thiazole rings is 1. The molecule has 5 rings (SSSR count). The number of hydrogen-bond donors (Lipinski definition) is 1. The maximum atomic E-state index is 6.32. The molecule has 2 fully saturated rings. The van der Waals surface area contributed by atoms with E-state index in [4.69, 9.17) is 9.47 Å². The molecule has 1 N–H and O–H groups in total. The first-order chi connectivity index (χ1) is 11.6. The average Bonchev–Trinajstić information content (AvgIpc) is 3.29. The van der Waals surface area contributed by atoms with Crippen molar-refractivity contribution in [3.63, 3.8) is 0 Å². The highest BCUT2D eigenvalue weighted by molar-refractivity contribution is 7.22. The molecule has 0 saturated carbocycles. The molecule has 1 aromatic heterocycles. The number of hydrogen-bond acceptors (Lipinski definition) is 6. The van der Waals surface area contributed by atoms with Gasteiger partial charge in [0.1, 0.15) is 12.3 Å². The highest BCUT2D eigenvalue weighted by atomic mass is 32.1. The molecule has 2 saturated heterocycles. The predicted octanol–water partition coefficient (Wildman–Crippen LogP) is 2.32. The predicted molar refractivity (Wildman–Crippen MR) is 94.8 cm³/mol. The van der Waals surface area contributed by atoms with Crippen LogP contribution in [0, 0.1) is 5.92 Å². The lowest BCUT2D eigenvalue weighted by Crippen LogP contribution is -2.51. The third-order valence-electron chi connectivity index (χ3n) is 5.67. The van der Waals surface area contributed by atoms with Gasteiger partial charge in [-0.2, -0.15) is 0 Å². The van der Waals surface area contributed by atoms with Crippen LogP contribution in [0.15, 0.2) is 23.2 Å². The molecule has 1 spiro atoms. The van der Waals surface area contributed by atoms with Gasteiger partial charge >= 0.3 is 0 Å². The highest BCUT2D eigenvalue weighted by Crippen LogP contribution is 2.45. The number of aromatic nitrogens is 1. The first-order valence-electron chi connectivity index (χ1n) is 8.36. The second-order valence-corrected chi connectivity index (χ2v) is 8.47. The number of fused-ring (bicyclic) bond motifs is 4. The Morgan fingerprint density at radius 1 is 1.46 bits per heavy atom. The minimum Gasteiger partial charge on any atom is -0.497 e. The van der Waals surface area contributed by atoms with Crippen LogP contribution in [-0.4, -0.2) is 61.4 Å². The Balaban J connectivity index is 1.34. The van der Waals surface area contributed by atoms with E-state index in [9.17, 15) is 0 Å². The lowest BCUT2D eigenvalue weighted by atomic mass is 9.87. The Labute approximate surface area is 144 Å². The number of benzene rings is 1. The topological polar surface area (TPSA) is 55.7 Å². The molecule has 24 heavy (non-hydrogen) atoms. The SMILES string of the molecule is COc1ccc2nc(NC3=NC[C@@]4(C[N@@+]5(C)CC[C@@H]4C5)O3)sc2c1. The summed E-state index contributed by atoms with van der Waals surface area (Å²) < 4.78 is 13.8. The summed E-state index contributed by atoms with van der Waals surface area (Å²) in [6.07, 6.45) is 1.25. The van der Waals surface area contributed by atoms with Crippen molar-refractivity contribution in [3.8, 4) is 5.75 Å². The lowest BCUT2D eigenvalue weighted by Gasteiger charge is -2.34. The molecule has 0 radical (unpaired) electrons. The lowest BCUT2D eigenvalue weighted by molar-refractivity contribution is -0.892. The number of quaternary nitrogens is 1. The number of aliphatic imine (C=N–C) groups is 1. The molecule has 0 aliphatic carbocycles. The zero-order valence-corrected chi connectivity index (χ0v) is 14.7. The molecule has 1 aromatic carbocycles. The van der Waals surface area contributed by atoms with Gasteiger partial charge in [0.2, 0.25) is 0 Å². The molecular formula is C17H21N4O2S+. The molecule has 6 nitrogen and oxygen atoms in total. The van der Waals surface area contributed by atoms with E-state index in [1.807, 2.05) is 18.2 Å². The summed E-state index contributed by atoms with van der Waals surface area (Å²) in [7, 11) is 4.01. The maximum absolute atomic E-state index is 6.32. The van der Waals surface area contributed by atoms with Gasteiger partial charge in [0.15, 0.2) is 10.7 Å². The van der Waals surface area contributed by atoms with Crippen molar-refractivity contribution in [1.29, 1.82) is 0 Å². The second kappa shape index (κ2) is 4.83. The van der Waals surface area contributed by atoms with Gasteiger partial charge in [-0.1, -0.05) is 11.3 Å². The Morgan fingerprint density at radius 3 is 3.12 bits per heavy atom. The van der Waals surface area contributed by atoms with E-state index in [0.29, 0.717) is 11.9 Å². The van der Waals surface area contributed by atoms with Gasteiger partial charge in [0, 0.05) is 6.42 Å². The summed E-state index contributed by atoms with van der Waals surface area (Å²) in [5.74, 6) is 1.48. The number of nitrogens with one attached hydrogen (secondary N) is 1. The number of methoxy groups -OCH3 is 1. The third-order valence-corrected chi connectivity index (χ3v) is 6.61. The van der Waals surface area contributed by atoms with Gasteiger partial charge in [-0.25, -0.2) is 9.98 Å². The third kappa shape index (κ3) is 2.11. The molecule has 3 aliphatic heterocycles. The first kappa shape index (κ1) is 14.5. The van der Waals surface area contributed by atoms with Crippen LogP contribution in [0.1, 0.15) is 6.42 Å². The Bertz CT molecular complexity index is 850. The number of ether oxygens (including phenoxy) is 2. The van der Waals surface area contributed by atoms with Gasteiger partial charge in [0.25, 0.3) is 6.02 Å². The van der Waals surface area contributed by atoms with E-state index in [1.54, 1.807) is 18.4 Å². The molecular weight excluding hydrogens is 324 g/mol. The summed E-state index contributed by atoms with van der Waals surface area (Å²) in [4.78, 5) is 9.25. The maximum Gasteiger partial charge on any atom is 0.292 e. The molecule has 126 valence electrons. The van der Waals surface area contributed by atoms with Crippen molar-refractivity contribution < 1.29 is 14.0 Å². The summed E-state index contributed by atoms with van der Waals surface area (Å²) in [6.45, 7) is 4.35. The first-order valence-corrected chi connectivity index (χ1v) is 9.18. The van der Waals surface area contributed by atoms with Crippen LogP contribution >= 0.6 is 11.3 Å². The van der Waals surface area contributed by atoms with Crippen molar-refractivity contribution in [1.82, 2.24) is 4.98 Å². The smallest absolute Gasteiger partial charge is 0.292 e. The van der Waals surface area contributed by atoms with Crippen LogP contribution in [0.25, 0.3) is 10.2 Å². The van der Waals surface area contributed by atoms with Crippen LogP contribution in [-0.2, 0) is 4.74 Å². The summed E-state index contributed by atoms with van der Waals surface area (Å²) in [6, 6.07) is 6.54. The molecule has 7 heteroatoms. The van der Waals surface area contributed by atoms with Crippen molar-refractivity contribution in [3.05, 3.63) is 18.2 Å². The molecule has 3 atom stereocenters. The van der Waals surface area contributed by atoms with Gasteiger partial charge < -0.3 is 14.0 Å². The molecule has 2 aromatic rings. The Kier molecular flexibility index (Phi) is 2.91. The monoisotopic (exact) mass is 345 g/mol. The largest absolute Gasteiger partial charge is 0.497 e. The number of nitrogens with zero attached hydrogens (tertiary/aromatic N) is 3. The van der Waals surface area contributed by atoms with E-state index < -0.39 is 0 Å². The fraction of sp³-hybridized carbons (Fsp3) is 0.529.